The zero-order chi connectivity index (χ0) is 29.3. The number of amidine groups is 1. The molecule has 1 unspecified atom stereocenters. The highest BCUT2D eigenvalue weighted by Gasteiger charge is 2.27. The molecule has 1 heterocycles. The second-order valence-corrected chi connectivity index (χ2v) is 13.0. The molecular formula is C37H55N2OS-. The summed E-state index contributed by atoms with van der Waals surface area (Å²) in [5.41, 5.74) is 4.58. The number of nitrogens with zero attached hydrogens (tertiary/aromatic N) is 2. The molecule has 0 amide bonds. The van der Waals surface area contributed by atoms with Crippen LogP contribution in [0.25, 0.3) is 0 Å². The smallest absolute Gasteiger partial charge is 0.203 e. The highest BCUT2D eigenvalue weighted by atomic mass is 32.2. The zero-order valence-corrected chi connectivity index (χ0v) is 27.2. The van der Waals surface area contributed by atoms with Crippen LogP contribution in [0.4, 0.5) is 5.69 Å². The number of para-hydroxylation sites is 1. The van der Waals surface area contributed by atoms with Gasteiger partial charge in [0.15, 0.2) is 0 Å². The Hall–Kier alpha value is -2.33. The van der Waals surface area contributed by atoms with Crippen LogP contribution in [0.3, 0.4) is 0 Å². The van der Waals surface area contributed by atoms with Crippen LogP contribution < -0.4 is 0 Å². The van der Waals surface area contributed by atoms with Gasteiger partial charge in [-0.3, -0.25) is 0 Å². The Kier molecular flexibility index (Phi) is 15.4. The van der Waals surface area contributed by atoms with E-state index in [2.05, 4.69) is 81.3 Å². The summed E-state index contributed by atoms with van der Waals surface area (Å²) in [5.74, 6) is 1.19. The molecule has 0 aromatic heterocycles. The van der Waals surface area contributed by atoms with Crippen LogP contribution in [0, 0.1) is 5.92 Å². The number of aryl methyl sites for hydroxylation is 2. The van der Waals surface area contributed by atoms with Crippen LogP contribution in [-0.4, -0.2) is 20.8 Å². The van der Waals surface area contributed by atoms with Gasteiger partial charge >= 0.3 is 0 Å². The largest absolute Gasteiger partial charge is 0.325 e. The first-order chi connectivity index (χ1) is 20.1. The molecule has 0 radical (unpaired) electrons. The summed E-state index contributed by atoms with van der Waals surface area (Å²) in [6.45, 7) is 9.60. The summed E-state index contributed by atoms with van der Waals surface area (Å²) in [5, 5.41) is 0.690. The number of hydrogen-bond donors (Lipinski definition) is 0. The molecule has 4 heteroatoms. The highest BCUT2D eigenvalue weighted by Crippen LogP contribution is 2.31. The Morgan fingerprint density at radius 2 is 1.37 bits per heavy atom. The molecular weight excluding hydrogens is 520 g/mol. The third kappa shape index (κ3) is 10.8. The monoisotopic (exact) mass is 575 g/mol. The molecule has 3 rings (SSSR count). The van der Waals surface area contributed by atoms with Crippen LogP contribution in [0.15, 0.2) is 70.2 Å². The lowest BCUT2D eigenvalue weighted by atomic mass is 9.96. The molecule has 1 aromatic carbocycles. The fourth-order valence-electron chi connectivity index (χ4n) is 5.66. The summed E-state index contributed by atoms with van der Waals surface area (Å²) >= 11 is 0. The van der Waals surface area contributed by atoms with E-state index in [1.54, 1.807) is 0 Å². The predicted molar refractivity (Wildman–Crippen MR) is 181 cm³/mol. The summed E-state index contributed by atoms with van der Waals surface area (Å²) in [4.78, 5) is 8.15. The first-order valence-corrected chi connectivity index (χ1v) is 17.7. The van der Waals surface area contributed by atoms with Gasteiger partial charge in [-0.2, -0.15) is 0 Å². The first-order valence-electron chi connectivity index (χ1n) is 16.6. The van der Waals surface area contributed by atoms with Gasteiger partial charge in [0.1, 0.15) is 10.8 Å². The van der Waals surface area contributed by atoms with Crippen LogP contribution in [0.5, 0.6) is 0 Å². The van der Waals surface area contributed by atoms with E-state index in [0.717, 1.165) is 42.0 Å². The van der Waals surface area contributed by atoms with Gasteiger partial charge in [-0.15, -0.1) is 41.9 Å². The highest BCUT2D eigenvalue weighted by molar-refractivity contribution is 8.04. The van der Waals surface area contributed by atoms with Gasteiger partial charge in [0.05, 0.1) is 5.69 Å². The average Bonchev–Trinajstić information content (AvgIpc) is 3.27. The van der Waals surface area contributed by atoms with E-state index in [1.807, 2.05) is 6.08 Å². The standard InChI is InChI=1S/C37H55N2OS/c1-5-8-9-10-11-12-13-14-15-16-17-18-19-22-28-39-30-35(29-34-25-21-20-24-31(34)4)41(40)37(39)38-36-32(6-2)26-23-27-33(36)7-3/h20-21,23-27,29-30H,5-19,22,28H2,1-4H3/q-1. The third-order valence-electron chi connectivity index (χ3n) is 8.32. The van der Waals surface area contributed by atoms with E-state index in [-0.39, 0.29) is 0 Å². The van der Waals surface area contributed by atoms with Crippen LogP contribution in [0.2, 0.25) is 0 Å². The van der Waals surface area contributed by atoms with Crippen molar-refractivity contribution in [2.45, 2.75) is 130 Å². The summed E-state index contributed by atoms with van der Waals surface area (Å²) in [6.07, 6.45) is 33.2. The molecule has 0 saturated heterocycles. The van der Waals surface area contributed by atoms with Crippen molar-refractivity contribution < 1.29 is 4.21 Å². The van der Waals surface area contributed by atoms with E-state index in [4.69, 9.17) is 4.99 Å². The SMILES string of the molecule is CCCCCCCCCCCCCCCCN1C=C(C=C2C=CC=C[C-]2C)S(=O)C1=Nc1c(CC)cccc1CC. The van der Waals surface area contributed by atoms with Gasteiger partial charge in [0.25, 0.3) is 0 Å². The number of benzene rings is 1. The van der Waals surface area contributed by atoms with E-state index in [9.17, 15) is 4.21 Å². The molecule has 0 bridgehead atoms. The van der Waals surface area contributed by atoms with Gasteiger partial charge in [0, 0.05) is 17.6 Å². The molecule has 1 aliphatic carbocycles. The fraction of sp³-hybridized carbons (Fsp3) is 0.568. The lowest BCUT2D eigenvalue weighted by molar-refractivity contribution is 0.498. The van der Waals surface area contributed by atoms with Gasteiger partial charge in [0.2, 0.25) is 5.17 Å². The molecule has 1 atom stereocenters. The first kappa shape index (κ1) is 33.2. The Morgan fingerprint density at radius 1 is 0.805 bits per heavy atom. The summed E-state index contributed by atoms with van der Waals surface area (Å²) in [7, 11) is -1.29. The molecule has 0 spiro atoms. The van der Waals surface area contributed by atoms with Crippen molar-refractivity contribution in [3.05, 3.63) is 82.3 Å². The molecule has 1 aliphatic heterocycles. The minimum absolute atomic E-state index is 0.690. The van der Waals surface area contributed by atoms with Crippen molar-refractivity contribution in [1.29, 1.82) is 0 Å². The van der Waals surface area contributed by atoms with Gasteiger partial charge in [-0.25, -0.2) is 9.20 Å². The van der Waals surface area contributed by atoms with Crippen molar-refractivity contribution >= 4 is 21.7 Å². The number of hydrogen-bond acceptors (Lipinski definition) is 2. The Labute approximate surface area is 254 Å². The summed E-state index contributed by atoms with van der Waals surface area (Å²) < 4.78 is 13.8. The van der Waals surface area contributed by atoms with Crippen molar-refractivity contribution in [3.63, 3.8) is 0 Å². The molecule has 0 saturated carbocycles. The van der Waals surface area contributed by atoms with E-state index in [1.165, 1.54) is 101 Å². The van der Waals surface area contributed by atoms with Crippen molar-refractivity contribution in [2.24, 2.45) is 4.99 Å². The van der Waals surface area contributed by atoms with Crippen LogP contribution >= 0.6 is 0 Å². The summed E-state index contributed by atoms with van der Waals surface area (Å²) in [6, 6.07) is 6.43. The van der Waals surface area contributed by atoms with E-state index in [0.29, 0.717) is 5.17 Å². The number of unbranched alkanes of at least 4 members (excludes halogenated alkanes) is 13. The minimum Gasteiger partial charge on any atom is -0.325 e. The molecule has 226 valence electrons. The number of allylic oxidation sites excluding steroid dienone is 6. The zero-order valence-electron chi connectivity index (χ0n) is 26.4. The molecule has 41 heavy (non-hydrogen) atoms. The maximum absolute atomic E-state index is 13.8. The topological polar surface area (TPSA) is 32.7 Å². The maximum atomic E-state index is 13.8. The van der Waals surface area contributed by atoms with Crippen LogP contribution in [-0.2, 0) is 23.6 Å². The van der Waals surface area contributed by atoms with Crippen molar-refractivity contribution in [2.75, 3.05) is 6.54 Å². The third-order valence-corrected chi connectivity index (χ3v) is 9.63. The molecule has 0 N–H and O–H groups in total. The van der Waals surface area contributed by atoms with Gasteiger partial charge in [-0.1, -0.05) is 129 Å². The van der Waals surface area contributed by atoms with Crippen molar-refractivity contribution in [1.82, 2.24) is 4.90 Å². The Bertz CT molecular complexity index is 1090. The molecule has 1 aromatic rings. The Morgan fingerprint density at radius 3 is 1.90 bits per heavy atom. The number of rotatable bonds is 19. The second-order valence-electron chi connectivity index (χ2n) is 11.6. The van der Waals surface area contributed by atoms with Crippen LogP contribution in [0.1, 0.15) is 129 Å². The lowest BCUT2D eigenvalue weighted by Crippen LogP contribution is -2.25. The van der Waals surface area contributed by atoms with Gasteiger partial charge < -0.3 is 4.90 Å². The number of aliphatic imine (C=N–C) groups is 1. The fourth-order valence-corrected chi connectivity index (χ4v) is 6.86. The van der Waals surface area contributed by atoms with E-state index >= 15 is 0 Å². The quantitative estimate of drug-likeness (QED) is 0.121. The maximum Gasteiger partial charge on any atom is 0.203 e. The second kappa shape index (κ2) is 19.0. The predicted octanol–water partition coefficient (Wildman–Crippen LogP) is 10.8. The normalized spacial score (nSPS) is 18.7. The van der Waals surface area contributed by atoms with Crippen molar-refractivity contribution in [3.8, 4) is 0 Å². The lowest BCUT2D eigenvalue weighted by Gasteiger charge is -2.20. The molecule has 2 aliphatic rings. The molecule has 0 fully saturated rings. The van der Waals surface area contributed by atoms with Gasteiger partial charge in [-0.05, 0) is 30.4 Å². The Balaban J connectivity index is 1.55. The minimum atomic E-state index is -1.29. The average molecular weight is 576 g/mol. The molecule has 3 nitrogen and oxygen atoms in total. The van der Waals surface area contributed by atoms with E-state index < -0.39 is 10.8 Å².